The van der Waals surface area contributed by atoms with Gasteiger partial charge in [0, 0.05) is 19.6 Å². The van der Waals surface area contributed by atoms with Crippen LogP contribution in [0.3, 0.4) is 0 Å². The molecule has 0 aliphatic rings. The molecule has 0 saturated carbocycles. The van der Waals surface area contributed by atoms with E-state index in [1.54, 1.807) is 0 Å². The van der Waals surface area contributed by atoms with Crippen LogP contribution in [0.25, 0.3) is 0 Å². The van der Waals surface area contributed by atoms with Crippen LogP contribution in [0.15, 0.2) is 0 Å². The Kier molecular flexibility index (Phi) is 9.37. The Morgan fingerprint density at radius 3 is 2.53 bits per heavy atom. The smallest absolute Gasteiger partial charge is 0.242 e. The van der Waals surface area contributed by atoms with Crippen LogP contribution >= 0.6 is 0 Å². The Labute approximate surface area is 102 Å². The normalized spacial score (nSPS) is 10.1. The minimum Gasteiger partial charge on any atom is -0.395 e. The highest BCUT2D eigenvalue weighted by molar-refractivity contribution is 5.80. The lowest BCUT2D eigenvalue weighted by Crippen LogP contribution is -2.41. The first kappa shape index (κ1) is 15.9. The highest BCUT2D eigenvalue weighted by Crippen LogP contribution is 1.95. The summed E-state index contributed by atoms with van der Waals surface area (Å²) in [5.41, 5.74) is 5.36. The lowest BCUT2D eigenvalue weighted by atomic mass is 10.3. The lowest BCUT2D eigenvalue weighted by Gasteiger charge is -2.23. The largest absolute Gasteiger partial charge is 0.395 e. The van der Waals surface area contributed by atoms with Crippen molar-refractivity contribution in [2.75, 3.05) is 39.3 Å². The molecule has 0 aromatic carbocycles. The molecule has 0 rings (SSSR count). The SMILES string of the molecule is CCN(CCO)C(=O)CN(C=O)CCCCN. The van der Waals surface area contributed by atoms with Gasteiger partial charge in [-0.3, -0.25) is 9.59 Å². The van der Waals surface area contributed by atoms with Crippen LogP contribution in [0.1, 0.15) is 19.8 Å². The molecule has 0 aromatic rings. The number of nitrogens with zero attached hydrogens (tertiary/aromatic N) is 2. The third kappa shape index (κ3) is 6.91. The number of rotatable bonds is 10. The number of carbonyl (C=O) groups excluding carboxylic acids is 2. The Bertz CT molecular complexity index is 224. The Morgan fingerprint density at radius 2 is 2.06 bits per heavy atom. The standard InChI is InChI=1S/C11H23N3O3/c1-2-14(7-8-15)11(17)9-13(10-16)6-4-3-5-12/h10,15H,2-9,12H2,1H3. The zero-order valence-electron chi connectivity index (χ0n) is 10.5. The fourth-order valence-electron chi connectivity index (χ4n) is 1.48. The molecule has 6 heteroatoms. The second kappa shape index (κ2) is 10.0. The van der Waals surface area contributed by atoms with Gasteiger partial charge in [-0.15, -0.1) is 0 Å². The van der Waals surface area contributed by atoms with E-state index in [0.29, 0.717) is 32.6 Å². The van der Waals surface area contributed by atoms with Gasteiger partial charge in [0.05, 0.1) is 13.2 Å². The van der Waals surface area contributed by atoms with E-state index in [9.17, 15) is 9.59 Å². The van der Waals surface area contributed by atoms with E-state index in [-0.39, 0.29) is 19.1 Å². The predicted octanol–water partition coefficient (Wildman–Crippen LogP) is -0.975. The maximum absolute atomic E-state index is 11.8. The minimum absolute atomic E-state index is 0.0617. The highest BCUT2D eigenvalue weighted by Gasteiger charge is 2.14. The van der Waals surface area contributed by atoms with Crippen LogP contribution in [0.5, 0.6) is 0 Å². The molecule has 0 radical (unpaired) electrons. The molecule has 0 aromatic heterocycles. The number of hydrogen-bond donors (Lipinski definition) is 2. The van der Waals surface area contributed by atoms with Crippen molar-refractivity contribution in [1.82, 2.24) is 9.80 Å². The third-order valence-corrected chi connectivity index (χ3v) is 2.49. The summed E-state index contributed by atoms with van der Waals surface area (Å²) >= 11 is 0. The Morgan fingerprint density at radius 1 is 1.35 bits per heavy atom. The lowest BCUT2D eigenvalue weighted by molar-refractivity contribution is -0.136. The first-order valence-electron chi connectivity index (χ1n) is 5.97. The van der Waals surface area contributed by atoms with Crippen molar-refractivity contribution < 1.29 is 14.7 Å². The van der Waals surface area contributed by atoms with Crippen molar-refractivity contribution in [3.05, 3.63) is 0 Å². The van der Waals surface area contributed by atoms with Crippen molar-refractivity contribution in [1.29, 1.82) is 0 Å². The zero-order valence-corrected chi connectivity index (χ0v) is 10.5. The minimum atomic E-state index is -0.138. The van der Waals surface area contributed by atoms with Gasteiger partial charge in [0.1, 0.15) is 0 Å². The molecule has 0 saturated heterocycles. The molecular formula is C11H23N3O3. The highest BCUT2D eigenvalue weighted by atomic mass is 16.3. The maximum atomic E-state index is 11.8. The molecule has 0 aliphatic heterocycles. The second-order valence-corrected chi connectivity index (χ2v) is 3.77. The summed E-state index contributed by atoms with van der Waals surface area (Å²) < 4.78 is 0. The van der Waals surface area contributed by atoms with E-state index in [1.807, 2.05) is 6.92 Å². The van der Waals surface area contributed by atoms with Gasteiger partial charge >= 0.3 is 0 Å². The summed E-state index contributed by atoms with van der Waals surface area (Å²) in [5.74, 6) is -0.138. The van der Waals surface area contributed by atoms with Crippen LogP contribution in [0.4, 0.5) is 0 Å². The average Bonchev–Trinajstić information content (AvgIpc) is 2.34. The monoisotopic (exact) mass is 245 g/mol. The summed E-state index contributed by atoms with van der Waals surface area (Å²) in [6, 6.07) is 0. The first-order chi connectivity index (χ1) is 8.19. The Balaban J connectivity index is 4.06. The summed E-state index contributed by atoms with van der Waals surface area (Å²) in [4.78, 5) is 25.5. The van der Waals surface area contributed by atoms with Crippen molar-refractivity contribution in [3.8, 4) is 0 Å². The number of likely N-dealkylation sites (N-methyl/N-ethyl adjacent to an activating group) is 1. The predicted molar refractivity (Wildman–Crippen MR) is 65.3 cm³/mol. The summed E-state index contributed by atoms with van der Waals surface area (Å²) in [7, 11) is 0. The average molecular weight is 245 g/mol. The number of amides is 2. The third-order valence-electron chi connectivity index (χ3n) is 2.49. The van der Waals surface area contributed by atoms with E-state index in [0.717, 1.165) is 12.8 Å². The van der Waals surface area contributed by atoms with Gasteiger partial charge < -0.3 is 20.6 Å². The molecule has 2 amide bonds. The van der Waals surface area contributed by atoms with E-state index >= 15 is 0 Å². The molecule has 100 valence electrons. The first-order valence-corrected chi connectivity index (χ1v) is 5.97. The van der Waals surface area contributed by atoms with Gasteiger partial charge in [-0.05, 0) is 26.3 Å². The van der Waals surface area contributed by atoms with Crippen molar-refractivity contribution in [2.45, 2.75) is 19.8 Å². The van der Waals surface area contributed by atoms with Crippen LogP contribution in [-0.2, 0) is 9.59 Å². The summed E-state index contributed by atoms with van der Waals surface area (Å²) in [6.45, 7) is 3.83. The quantitative estimate of drug-likeness (QED) is 0.383. The zero-order chi connectivity index (χ0) is 13.1. The van der Waals surface area contributed by atoms with Crippen LogP contribution in [0.2, 0.25) is 0 Å². The molecule has 0 aliphatic carbocycles. The molecule has 0 heterocycles. The number of hydrogen-bond acceptors (Lipinski definition) is 4. The fourth-order valence-corrected chi connectivity index (χ4v) is 1.48. The van der Waals surface area contributed by atoms with Gasteiger partial charge in [0.25, 0.3) is 0 Å². The van der Waals surface area contributed by atoms with E-state index in [2.05, 4.69) is 0 Å². The summed E-state index contributed by atoms with van der Waals surface area (Å²) in [6.07, 6.45) is 2.32. The van der Waals surface area contributed by atoms with Crippen molar-refractivity contribution in [2.24, 2.45) is 5.73 Å². The molecule has 0 unspecified atom stereocenters. The topological polar surface area (TPSA) is 86.9 Å². The molecule has 3 N–H and O–H groups in total. The van der Waals surface area contributed by atoms with Gasteiger partial charge in [-0.2, -0.15) is 0 Å². The fraction of sp³-hybridized carbons (Fsp3) is 0.818. The van der Waals surface area contributed by atoms with Gasteiger partial charge in [-0.25, -0.2) is 0 Å². The van der Waals surface area contributed by atoms with Crippen LogP contribution < -0.4 is 5.73 Å². The molecule has 17 heavy (non-hydrogen) atoms. The van der Waals surface area contributed by atoms with E-state index < -0.39 is 0 Å². The molecule has 6 nitrogen and oxygen atoms in total. The van der Waals surface area contributed by atoms with Gasteiger partial charge in [0.2, 0.25) is 12.3 Å². The summed E-state index contributed by atoms with van der Waals surface area (Å²) in [5, 5.41) is 8.79. The molecule has 0 fully saturated rings. The van der Waals surface area contributed by atoms with Gasteiger partial charge in [0.15, 0.2) is 0 Å². The number of nitrogens with two attached hydrogens (primary N) is 1. The number of unbranched alkanes of at least 4 members (excludes halogenated alkanes) is 1. The van der Waals surface area contributed by atoms with Gasteiger partial charge in [-0.1, -0.05) is 0 Å². The number of aliphatic hydroxyl groups is 1. The Hall–Kier alpha value is -1.14. The van der Waals surface area contributed by atoms with E-state index in [4.69, 9.17) is 10.8 Å². The maximum Gasteiger partial charge on any atom is 0.242 e. The van der Waals surface area contributed by atoms with Crippen molar-refractivity contribution >= 4 is 12.3 Å². The molecule has 0 bridgehead atoms. The van der Waals surface area contributed by atoms with Crippen LogP contribution in [-0.4, -0.2) is 66.6 Å². The second-order valence-electron chi connectivity index (χ2n) is 3.77. The number of aliphatic hydroxyl groups excluding tert-OH is 1. The number of carbonyl (C=O) groups is 2. The molecular weight excluding hydrogens is 222 g/mol. The molecule has 0 spiro atoms. The molecule has 0 atom stereocenters. The van der Waals surface area contributed by atoms with E-state index in [1.165, 1.54) is 9.80 Å². The van der Waals surface area contributed by atoms with Crippen LogP contribution in [0, 0.1) is 0 Å². The van der Waals surface area contributed by atoms with Crippen molar-refractivity contribution in [3.63, 3.8) is 0 Å².